The zero-order chi connectivity index (χ0) is 20.2. The molecule has 142 valence electrons. The minimum absolute atomic E-state index is 0.175. The minimum Gasteiger partial charge on any atom is -0.364 e. The van der Waals surface area contributed by atoms with Gasteiger partial charge in [0, 0.05) is 23.0 Å². The highest BCUT2D eigenvalue weighted by molar-refractivity contribution is 7.92. The van der Waals surface area contributed by atoms with Crippen LogP contribution in [-0.2, 0) is 10.0 Å². The summed E-state index contributed by atoms with van der Waals surface area (Å²) in [6.07, 6.45) is 0. The van der Waals surface area contributed by atoms with E-state index in [9.17, 15) is 28.6 Å². The third-order valence-electron chi connectivity index (χ3n) is 3.29. The molecule has 4 N–H and O–H groups in total. The molecule has 0 aliphatic rings. The summed E-state index contributed by atoms with van der Waals surface area (Å²) < 4.78 is 27.1. The van der Waals surface area contributed by atoms with E-state index in [1.807, 2.05) is 0 Å². The number of guanidine groups is 1. The topological polar surface area (TPSA) is 183 Å². The highest BCUT2D eigenvalue weighted by Crippen LogP contribution is 2.24. The van der Waals surface area contributed by atoms with Gasteiger partial charge in [-0.05, 0) is 37.3 Å². The number of nitro groups is 2. The molecule has 13 heteroatoms. The average molecular weight is 394 g/mol. The predicted molar refractivity (Wildman–Crippen MR) is 97.3 cm³/mol. The number of hydrazone groups is 1. The lowest BCUT2D eigenvalue weighted by molar-refractivity contribution is -0.485. The first-order valence-electron chi connectivity index (χ1n) is 7.22. The van der Waals surface area contributed by atoms with Crippen LogP contribution in [0.5, 0.6) is 0 Å². The summed E-state index contributed by atoms with van der Waals surface area (Å²) in [7, 11) is -4.05. The van der Waals surface area contributed by atoms with Crippen molar-refractivity contribution in [1.82, 2.24) is 0 Å². The summed E-state index contributed by atoms with van der Waals surface area (Å²) in [5.41, 5.74) is 5.85. The van der Waals surface area contributed by atoms with Crippen LogP contribution in [0.4, 0.5) is 17.1 Å². The average Bonchev–Trinajstić information content (AvgIpc) is 2.55. The van der Waals surface area contributed by atoms with Gasteiger partial charge in [-0.1, -0.05) is 6.07 Å². The summed E-state index contributed by atoms with van der Waals surface area (Å²) in [6, 6.07) is 9.16. The zero-order valence-corrected chi connectivity index (χ0v) is 14.6. The maximum absolute atomic E-state index is 12.4. The largest absolute Gasteiger partial charge is 0.364 e. The summed E-state index contributed by atoms with van der Waals surface area (Å²) in [6.45, 7) is 1.50. The Labute approximate surface area is 153 Å². The Hall–Kier alpha value is -3.74. The first-order valence-corrected chi connectivity index (χ1v) is 8.70. The Morgan fingerprint density at radius 3 is 2.22 bits per heavy atom. The Bertz CT molecular complexity index is 1020. The Balaban J connectivity index is 2.20. The third kappa shape index (κ3) is 5.12. The minimum atomic E-state index is -4.05. The lowest BCUT2D eigenvalue weighted by atomic mass is 10.2. The van der Waals surface area contributed by atoms with E-state index in [1.54, 1.807) is 0 Å². The van der Waals surface area contributed by atoms with Gasteiger partial charge in [0.25, 0.3) is 21.7 Å². The molecule has 0 aromatic heterocycles. The van der Waals surface area contributed by atoms with Crippen molar-refractivity contribution < 1.29 is 18.4 Å². The molecule has 0 amide bonds. The van der Waals surface area contributed by atoms with E-state index in [4.69, 9.17) is 5.73 Å². The van der Waals surface area contributed by atoms with Gasteiger partial charge in [0.15, 0.2) is 5.03 Å². The quantitative estimate of drug-likeness (QED) is 0.286. The predicted octanol–water partition coefficient (Wildman–Crippen LogP) is 1.62. The fourth-order valence-electron chi connectivity index (χ4n) is 2.05. The normalized spacial score (nSPS) is 11.7. The van der Waals surface area contributed by atoms with Crippen LogP contribution in [-0.4, -0.2) is 24.3 Å². The van der Waals surface area contributed by atoms with Crippen molar-refractivity contribution in [3.63, 3.8) is 0 Å². The molecule has 12 nitrogen and oxygen atoms in total. The molecule has 0 saturated carbocycles. The van der Waals surface area contributed by atoms with Crippen molar-refractivity contribution in [2.45, 2.75) is 11.8 Å². The van der Waals surface area contributed by atoms with Crippen LogP contribution in [0.2, 0.25) is 0 Å². The molecular formula is C14H14N6O6S. The van der Waals surface area contributed by atoms with E-state index >= 15 is 0 Å². The molecule has 0 aliphatic carbocycles. The molecule has 27 heavy (non-hydrogen) atoms. The number of nitrogens with one attached hydrogen (secondary N) is 2. The first-order chi connectivity index (χ1) is 12.6. The molecule has 0 heterocycles. The fraction of sp³-hybridized carbons (Fsp3) is 0.0714. The smallest absolute Gasteiger partial charge is 0.273 e. The van der Waals surface area contributed by atoms with Gasteiger partial charge in [-0.15, -0.1) is 0 Å². The summed E-state index contributed by atoms with van der Waals surface area (Å²) in [5, 5.41) is 25.5. The summed E-state index contributed by atoms with van der Waals surface area (Å²) >= 11 is 0. The fourth-order valence-corrected chi connectivity index (χ4v) is 3.13. The van der Waals surface area contributed by atoms with Crippen LogP contribution in [0.1, 0.15) is 5.56 Å². The van der Waals surface area contributed by atoms with Gasteiger partial charge >= 0.3 is 0 Å². The number of benzene rings is 2. The lowest BCUT2D eigenvalue weighted by Crippen LogP contribution is -2.23. The number of aryl methyl sites for hydroxylation is 1. The molecule has 2 rings (SSSR count). The van der Waals surface area contributed by atoms with Crippen molar-refractivity contribution in [3.05, 3.63) is 68.3 Å². The summed E-state index contributed by atoms with van der Waals surface area (Å²) in [4.78, 5) is 20.3. The van der Waals surface area contributed by atoms with Crippen LogP contribution >= 0.6 is 0 Å². The third-order valence-corrected chi connectivity index (χ3v) is 4.67. The Morgan fingerprint density at radius 2 is 1.67 bits per heavy atom. The van der Waals surface area contributed by atoms with Gasteiger partial charge in [0.2, 0.25) is 0 Å². The maximum Gasteiger partial charge on any atom is 0.273 e. The molecule has 0 atom stereocenters. The number of nitrogens with zero attached hydrogens (tertiary/aromatic N) is 3. The van der Waals surface area contributed by atoms with Gasteiger partial charge in [-0.2, -0.15) is 0 Å². The molecule has 2 aromatic carbocycles. The van der Waals surface area contributed by atoms with Crippen molar-refractivity contribution in [1.29, 1.82) is 0 Å². The van der Waals surface area contributed by atoms with E-state index in [-0.39, 0.29) is 16.3 Å². The Kier molecular flexibility index (Phi) is 5.55. The van der Waals surface area contributed by atoms with Crippen LogP contribution in [0.25, 0.3) is 0 Å². The molecule has 2 aromatic rings. The monoisotopic (exact) mass is 394 g/mol. The van der Waals surface area contributed by atoms with E-state index in [1.165, 1.54) is 43.3 Å². The number of nitro benzene ring substituents is 1. The number of rotatable bonds is 6. The highest BCUT2D eigenvalue weighted by Gasteiger charge is 2.20. The van der Waals surface area contributed by atoms with E-state index in [0.29, 0.717) is 11.3 Å². The second-order valence-electron chi connectivity index (χ2n) is 5.24. The van der Waals surface area contributed by atoms with Crippen molar-refractivity contribution in [2.24, 2.45) is 10.8 Å². The number of hydrogen-bond acceptors (Lipinski definition) is 6. The summed E-state index contributed by atoms with van der Waals surface area (Å²) in [5.74, 6) is -0.444. The highest BCUT2D eigenvalue weighted by atomic mass is 32.2. The first kappa shape index (κ1) is 19.6. The number of sulfonamides is 1. The molecule has 0 radical (unpaired) electrons. The Morgan fingerprint density at radius 1 is 1.07 bits per heavy atom. The molecule has 0 unspecified atom stereocenters. The van der Waals surface area contributed by atoms with Crippen LogP contribution < -0.4 is 15.8 Å². The second kappa shape index (κ2) is 7.65. The van der Waals surface area contributed by atoms with Gasteiger partial charge in [0.05, 0.1) is 9.82 Å². The van der Waals surface area contributed by atoms with E-state index in [2.05, 4.69) is 15.1 Å². The maximum atomic E-state index is 12.4. The lowest BCUT2D eigenvalue weighted by Gasteiger charge is -2.10. The molecular weight excluding hydrogens is 380 g/mol. The van der Waals surface area contributed by atoms with Gasteiger partial charge in [-0.3, -0.25) is 14.8 Å². The second-order valence-corrected chi connectivity index (χ2v) is 6.92. The zero-order valence-electron chi connectivity index (χ0n) is 13.8. The van der Waals surface area contributed by atoms with Crippen LogP contribution in [0, 0.1) is 27.2 Å². The molecule has 0 saturated heterocycles. The van der Waals surface area contributed by atoms with Gasteiger partial charge < -0.3 is 11.1 Å². The SMILES string of the molecule is Cc1ccc(S(=O)(=O)Nc2ccc(NC(N)=N[N+](=O)[O-])cc2)cc1[N+](=O)[O-]. The van der Waals surface area contributed by atoms with E-state index < -0.39 is 25.9 Å². The number of hydrogen-bond donors (Lipinski definition) is 3. The standard InChI is InChI=1S/C14H14N6O6S/c1-9-2-7-12(8-13(9)19(21)22)27(25,26)18-11-5-3-10(4-6-11)16-14(15)17-20(23)24/h2-8,18H,1H3,(H3,15,16,17). The van der Waals surface area contributed by atoms with Crippen LogP contribution in [0.15, 0.2) is 52.5 Å². The molecule has 0 fully saturated rings. The molecule has 0 aliphatic heterocycles. The molecule has 0 spiro atoms. The van der Waals surface area contributed by atoms with Crippen molar-refractivity contribution >= 4 is 33.0 Å². The van der Waals surface area contributed by atoms with Gasteiger partial charge in [0.1, 0.15) is 5.10 Å². The van der Waals surface area contributed by atoms with Crippen molar-refractivity contribution in [2.75, 3.05) is 10.0 Å². The van der Waals surface area contributed by atoms with Gasteiger partial charge in [-0.25, -0.2) is 18.5 Å². The van der Waals surface area contributed by atoms with Crippen molar-refractivity contribution in [3.8, 4) is 0 Å². The number of anilines is 2. The molecule has 0 bridgehead atoms. The van der Waals surface area contributed by atoms with E-state index in [0.717, 1.165) is 6.07 Å². The number of nitrogens with two attached hydrogens (primary N) is 1. The van der Waals surface area contributed by atoms with Crippen LogP contribution in [0.3, 0.4) is 0 Å².